The van der Waals surface area contributed by atoms with Crippen LogP contribution < -0.4 is 14.4 Å². The largest absolute Gasteiger partial charge is 0.497 e. The zero-order valence-electron chi connectivity index (χ0n) is 16.7. The van der Waals surface area contributed by atoms with Gasteiger partial charge in [0, 0.05) is 18.8 Å². The highest BCUT2D eigenvalue weighted by Gasteiger charge is 2.27. The number of nitrogens with one attached hydrogen (secondary N) is 1. The lowest BCUT2D eigenvalue weighted by molar-refractivity contribution is 0.102. The number of anilines is 2. The summed E-state index contributed by atoms with van der Waals surface area (Å²) >= 11 is 6.19. The van der Waals surface area contributed by atoms with Gasteiger partial charge in [0.05, 0.1) is 23.4 Å². The molecule has 8 heteroatoms. The number of para-hydroxylation sites is 1. The zero-order valence-corrected chi connectivity index (χ0v) is 18.3. The third-order valence-electron chi connectivity index (χ3n) is 4.54. The van der Waals surface area contributed by atoms with Crippen LogP contribution in [0.5, 0.6) is 5.75 Å². The van der Waals surface area contributed by atoms with E-state index in [1.54, 1.807) is 60.7 Å². The Labute approximate surface area is 181 Å². The van der Waals surface area contributed by atoms with Gasteiger partial charge in [-0.05, 0) is 48.9 Å². The van der Waals surface area contributed by atoms with E-state index in [9.17, 15) is 13.2 Å². The van der Waals surface area contributed by atoms with E-state index < -0.39 is 15.9 Å². The minimum Gasteiger partial charge on any atom is -0.497 e. The van der Waals surface area contributed by atoms with Crippen LogP contribution in [-0.4, -0.2) is 28.5 Å². The van der Waals surface area contributed by atoms with E-state index in [1.165, 1.54) is 20.2 Å². The number of amides is 1. The van der Waals surface area contributed by atoms with Crippen LogP contribution in [-0.2, 0) is 10.0 Å². The van der Waals surface area contributed by atoms with E-state index in [-0.39, 0.29) is 21.2 Å². The average molecular weight is 445 g/mol. The lowest BCUT2D eigenvalue weighted by Crippen LogP contribution is -2.29. The maximum Gasteiger partial charge on any atom is 0.265 e. The van der Waals surface area contributed by atoms with Crippen LogP contribution in [0.1, 0.15) is 15.9 Å². The molecule has 0 bridgehead atoms. The molecule has 156 valence electrons. The third-order valence-corrected chi connectivity index (χ3v) is 6.80. The summed E-state index contributed by atoms with van der Waals surface area (Å²) in [4.78, 5) is 12.9. The predicted molar refractivity (Wildman–Crippen MR) is 119 cm³/mol. The zero-order chi connectivity index (χ0) is 21.9. The molecule has 0 aromatic heterocycles. The molecule has 0 saturated carbocycles. The molecule has 0 fully saturated rings. The lowest BCUT2D eigenvalue weighted by atomic mass is 10.1. The fourth-order valence-electron chi connectivity index (χ4n) is 2.93. The fraction of sp³-hybridized carbons (Fsp3) is 0.136. The van der Waals surface area contributed by atoms with Crippen molar-refractivity contribution in [2.75, 3.05) is 23.8 Å². The van der Waals surface area contributed by atoms with Crippen molar-refractivity contribution in [2.45, 2.75) is 11.8 Å². The predicted octanol–water partition coefficient (Wildman–Crippen LogP) is 4.73. The van der Waals surface area contributed by atoms with Crippen LogP contribution in [0.15, 0.2) is 71.6 Å². The Kier molecular flexibility index (Phi) is 6.34. The number of carbonyl (C=O) groups excluding carboxylic acids is 1. The molecule has 0 aliphatic carbocycles. The molecule has 1 N–H and O–H groups in total. The van der Waals surface area contributed by atoms with Crippen LogP contribution in [0.2, 0.25) is 5.02 Å². The molecule has 3 rings (SSSR count). The highest BCUT2D eigenvalue weighted by atomic mass is 35.5. The van der Waals surface area contributed by atoms with E-state index in [4.69, 9.17) is 16.3 Å². The van der Waals surface area contributed by atoms with Crippen molar-refractivity contribution < 1.29 is 17.9 Å². The fourth-order valence-corrected chi connectivity index (χ4v) is 4.72. The first kappa shape index (κ1) is 21.7. The summed E-state index contributed by atoms with van der Waals surface area (Å²) in [6.07, 6.45) is 0. The molecule has 0 radical (unpaired) electrons. The highest BCUT2D eigenvalue weighted by molar-refractivity contribution is 7.93. The summed E-state index contributed by atoms with van der Waals surface area (Å²) in [5.41, 5.74) is 1.81. The van der Waals surface area contributed by atoms with Crippen molar-refractivity contribution >= 4 is 38.9 Å². The second-order valence-electron chi connectivity index (χ2n) is 6.61. The van der Waals surface area contributed by atoms with Gasteiger partial charge in [-0.3, -0.25) is 9.10 Å². The molecule has 6 nitrogen and oxygen atoms in total. The van der Waals surface area contributed by atoms with E-state index in [0.717, 1.165) is 9.87 Å². The summed E-state index contributed by atoms with van der Waals surface area (Å²) in [6.45, 7) is 1.82. The van der Waals surface area contributed by atoms with Crippen LogP contribution in [0.25, 0.3) is 0 Å². The smallest absolute Gasteiger partial charge is 0.265 e. The number of aryl methyl sites for hydroxylation is 1. The first-order valence-electron chi connectivity index (χ1n) is 9.03. The van der Waals surface area contributed by atoms with E-state index in [0.29, 0.717) is 11.4 Å². The Morgan fingerprint density at radius 2 is 1.77 bits per heavy atom. The normalized spacial score (nSPS) is 11.1. The minimum atomic E-state index is -3.98. The summed E-state index contributed by atoms with van der Waals surface area (Å²) < 4.78 is 32.6. The topological polar surface area (TPSA) is 75.7 Å². The molecule has 3 aromatic carbocycles. The molecule has 1 amide bonds. The first-order chi connectivity index (χ1) is 14.2. The number of halogens is 1. The summed E-state index contributed by atoms with van der Waals surface area (Å²) in [6, 6.07) is 18.1. The standard InChI is InChI=1S/C22H21ClN2O4S/c1-15-11-12-21(19(23)13-15)30(27,28)25(2)20-10-5-4-9-18(20)22(26)24-16-7-6-8-17(14-16)29-3/h4-14H,1-3H3,(H,24,26). The van der Waals surface area contributed by atoms with Crippen molar-refractivity contribution in [3.05, 3.63) is 82.9 Å². The second-order valence-corrected chi connectivity index (χ2v) is 8.95. The van der Waals surface area contributed by atoms with E-state index in [2.05, 4.69) is 5.32 Å². The Morgan fingerprint density at radius 3 is 2.47 bits per heavy atom. The molecule has 0 spiro atoms. The number of sulfonamides is 1. The first-order valence-corrected chi connectivity index (χ1v) is 10.9. The molecule has 0 saturated heterocycles. The molecule has 0 heterocycles. The van der Waals surface area contributed by atoms with Crippen molar-refractivity contribution in [1.82, 2.24) is 0 Å². The molecule has 0 unspecified atom stereocenters. The number of carbonyl (C=O) groups is 1. The van der Waals surface area contributed by atoms with Crippen LogP contribution in [0.3, 0.4) is 0 Å². The Balaban J connectivity index is 1.96. The third kappa shape index (κ3) is 4.42. The molecule has 30 heavy (non-hydrogen) atoms. The molecule has 3 aromatic rings. The van der Waals surface area contributed by atoms with Crippen LogP contribution in [0, 0.1) is 6.92 Å². The maximum atomic E-state index is 13.2. The van der Waals surface area contributed by atoms with Crippen molar-refractivity contribution in [2.24, 2.45) is 0 Å². The SMILES string of the molecule is COc1cccc(NC(=O)c2ccccc2N(C)S(=O)(=O)c2ccc(C)cc2Cl)c1. The molecular formula is C22H21ClN2O4S. The van der Waals surface area contributed by atoms with Gasteiger partial charge in [0.25, 0.3) is 15.9 Å². The monoisotopic (exact) mass is 444 g/mol. The van der Waals surface area contributed by atoms with Crippen molar-refractivity contribution in [3.8, 4) is 5.75 Å². The molecule has 0 atom stereocenters. The number of methoxy groups -OCH3 is 1. The number of hydrogen-bond acceptors (Lipinski definition) is 4. The van der Waals surface area contributed by atoms with Gasteiger partial charge in [0.15, 0.2) is 0 Å². The van der Waals surface area contributed by atoms with Gasteiger partial charge in [0.2, 0.25) is 0 Å². The van der Waals surface area contributed by atoms with Gasteiger partial charge < -0.3 is 10.1 Å². The minimum absolute atomic E-state index is 0.0275. The molecular weight excluding hydrogens is 424 g/mol. The van der Waals surface area contributed by atoms with Gasteiger partial charge in [-0.2, -0.15) is 0 Å². The lowest BCUT2D eigenvalue weighted by Gasteiger charge is -2.22. The Bertz CT molecular complexity index is 1200. The summed E-state index contributed by atoms with van der Waals surface area (Å²) in [5, 5.41) is 2.90. The average Bonchev–Trinajstić information content (AvgIpc) is 2.73. The highest BCUT2D eigenvalue weighted by Crippen LogP contribution is 2.30. The Morgan fingerprint density at radius 1 is 1.03 bits per heavy atom. The molecule has 0 aliphatic heterocycles. The number of nitrogens with zero attached hydrogens (tertiary/aromatic N) is 1. The number of rotatable bonds is 6. The summed E-state index contributed by atoms with van der Waals surface area (Å²) in [7, 11) is -1.05. The quantitative estimate of drug-likeness (QED) is 0.596. The summed E-state index contributed by atoms with van der Waals surface area (Å²) in [5.74, 6) is 0.144. The van der Waals surface area contributed by atoms with Gasteiger partial charge in [-0.1, -0.05) is 35.9 Å². The van der Waals surface area contributed by atoms with Crippen LogP contribution >= 0.6 is 11.6 Å². The van der Waals surface area contributed by atoms with E-state index >= 15 is 0 Å². The van der Waals surface area contributed by atoms with Gasteiger partial charge in [-0.25, -0.2) is 8.42 Å². The van der Waals surface area contributed by atoms with Crippen molar-refractivity contribution in [1.29, 1.82) is 0 Å². The van der Waals surface area contributed by atoms with Crippen molar-refractivity contribution in [3.63, 3.8) is 0 Å². The molecule has 0 aliphatic rings. The Hall–Kier alpha value is -3.03. The second kappa shape index (κ2) is 8.77. The van der Waals surface area contributed by atoms with Gasteiger partial charge in [-0.15, -0.1) is 0 Å². The number of benzene rings is 3. The van der Waals surface area contributed by atoms with Crippen LogP contribution in [0.4, 0.5) is 11.4 Å². The maximum absolute atomic E-state index is 13.2. The van der Waals surface area contributed by atoms with Gasteiger partial charge >= 0.3 is 0 Å². The van der Waals surface area contributed by atoms with E-state index in [1.807, 2.05) is 6.92 Å². The number of ether oxygens (including phenoxy) is 1. The number of hydrogen-bond donors (Lipinski definition) is 1. The van der Waals surface area contributed by atoms with Gasteiger partial charge in [0.1, 0.15) is 10.6 Å².